The van der Waals surface area contributed by atoms with Crippen molar-refractivity contribution >= 4 is 23.3 Å². The number of esters is 1. The molecule has 7 heteroatoms. The molecule has 1 aliphatic heterocycles. The molecule has 1 N–H and O–H groups in total. The van der Waals surface area contributed by atoms with Crippen molar-refractivity contribution in [1.29, 1.82) is 0 Å². The van der Waals surface area contributed by atoms with Gasteiger partial charge < -0.3 is 9.84 Å². The van der Waals surface area contributed by atoms with Crippen LogP contribution in [0.1, 0.15) is 56.7 Å². The number of aliphatic hydroxyl groups is 1. The highest BCUT2D eigenvalue weighted by atomic mass is 16.5. The number of ketones is 1. The van der Waals surface area contributed by atoms with Gasteiger partial charge in [0.05, 0.1) is 22.9 Å². The summed E-state index contributed by atoms with van der Waals surface area (Å²) < 4.78 is 5.19. The number of carbonyl (C=O) groups is 3. The van der Waals surface area contributed by atoms with Crippen molar-refractivity contribution in [3.63, 3.8) is 0 Å². The van der Waals surface area contributed by atoms with Crippen LogP contribution in [-0.4, -0.2) is 33.9 Å². The molecule has 1 aromatic heterocycles. The molecule has 7 nitrogen and oxygen atoms in total. The maximum Gasteiger partial charge on any atom is 0.338 e. The summed E-state index contributed by atoms with van der Waals surface area (Å²) in [6, 6.07) is 10.6. The van der Waals surface area contributed by atoms with E-state index in [1.165, 1.54) is 4.90 Å². The number of aromatic nitrogens is 1. The number of hydrogen-bond donors (Lipinski definition) is 1. The van der Waals surface area contributed by atoms with Crippen molar-refractivity contribution in [3.8, 4) is 0 Å². The Morgan fingerprint density at radius 2 is 1.74 bits per heavy atom. The summed E-state index contributed by atoms with van der Waals surface area (Å²) in [5, 5.41) is 10.7. The zero-order valence-corrected chi connectivity index (χ0v) is 18.2. The second kappa shape index (κ2) is 8.34. The Labute approximate surface area is 181 Å². The molecule has 1 unspecified atom stereocenters. The average Bonchev–Trinajstić information content (AvgIpc) is 2.98. The van der Waals surface area contributed by atoms with Gasteiger partial charge in [0.1, 0.15) is 6.04 Å². The summed E-state index contributed by atoms with van der Waals surface area (Å²) in [6.45, 7) is 8.71. The molecule has 0 bridgehead atoms. The number of Topliss-reactive ketones (excluding diaryl/α,β-unsaturated/α-hetero) is 1. The van der Waals surface area contributed by atoms with Gasteiger partial charge in [0, 0.05) is 17.3 Å². The predicted octanol–water partition coefficient (Wildman–Crippen LogP) is 4.16. The van der Waals surface area contributed by atoms with Crippen LogP contribution < -0.4 is 4.90 Å². The number of carbonyl (C=O) groups excluding carboxylic acids is 3. The van der Waals surface area contributed by atoms with Crippen molar-refractivity contribution in [2.24, 2.45) is 5.41 Å². The number of rotatable bonds is 5. The minimum Gasteiger partial charge on any atom is -0.503 e. The fourth-order valence-corrected chi connectivity index (χ4v) is 3.37. The van der Waals surface area contributed by atoms with Gasteiger partial charge in [-0.25, -0.2) is 4.79 Å². The highest BCUT2D eigenvalue weighted by Gasteiger charge is 2.47. The van der Waals surface area contributed by atoms with E-state index in [-0.39, 0.29) is 17.5 Å². The first-order valence-electron chi connectivity index (χ1n) is 10.1. The molecule has 1 atom stereocenters. The van der Waals surface area contributed by atoms with Gasteiger partial charge in [-0.1, -0.05) is 26.8 Å². The molecule has 162 valence electrons. The average molecular weight is 422 g/mol. The van der Waals surface area contributed by atoms with Crippen molar-refractivity contribution in [2.45, 2.75) is 46.8 Å². The van der Waals surface area contributed by atoms with Crippen LogP contribution in [0.25, 0.3) is 0 Å². The number of hydrogen-bond acceptors (Lipinski definition) is 6. The standard InChI is InChI=1S/C24H26N2O5/c1-14(2)31-23(30)15-9-11-16(12-10-15)26-19(17-8-6-7-13-25-17)18(20(27)22(26)29)21(28)24(3,4)5/h6-14,19,27H,1-5H3. The molecule has 0 saturated carbocycles. The topological polar surface area (TPSA) is 96.8 Å². The first-order valence-corrected chi connectivity index (χ1v) is 10.1. The lowest BCUT2D eigenvalue weighted by atomic mass is 9.83. The number of anilines is 1. The van der Waals surface area contributed by atoms with Crippen LogP contribution >= 0.6 is 0 Å². The smallest absolute Gasteiger partial charge is 0.338 e. The van der Waals surface area contributed by atoms with E-state index in [4.69, 9.17) is 4.74 Å². The van der Waals surface area contributed by atoms with Gasteiger partial charge in [0.25, 0.3) is 5.91 Å². The Bertz CT molecular complexity index is 1030. The summed E-state index contributed by atoms with van der Waals surface area (Å²) in [5.74, 6) is -2.09. The summed E-state index contributed by atoms with van der Waals surface area (Å²) >= 11 is 0. The molecule has 2 aromatic rings. The maximum absolute atomic E-state index is 13.1. The lowest BCUT2D eigenvalue weighted by Crippen LogP contribution is -2.33. The third kappa shape index (κ3) is 4.35. The molecule has 31 heavy (non-hydrogen) atoms. The SMILES string of the molecule is CC(C)OC(=O)c1ccc(N2C(=O)C(O)=C(C(=O)C(C)(C)C)C2c2ccccn2)cc1. The first kappa shape index (κ1) is 22.2. The second-order valence-electron chi connectivity index (χ2n) is 8.67. The largest absolute Gasteiger partial charge is 0.503 e. The lowest BCUT2D eigenvalue weighted by Gasteiger charge is -2.28. The maximum atomic E-state index is 13.1. The van der Waals surface area contributed by atoms with Crippen LogP contribution in [0.5, 0.6) is 0 Å². The number of pyridine rings is 1. The van der Waals surface area contributed by atoms with Crippen LogP contribution in [0.4, 0.5) is 5.69 Å². The molecular formula is C24H26N2O5. The van der Waals surface area contributed by atoms with E-state index in [2.05, 4.69) is 4.98 Å². The molecular weight excluding hydrogens is 396 g/mol. The highest BCUT2D eigenvalue weighted by Crippen LogP contribution is 2.42. The first-order chi connectivity index (χ1) is 14.5. The fourth-order valence-electron chi connectivity index (χ4n) is 3.37. The van der Waals surface area contributed by atoms with E-state index in [0.717, 1.165) is 0 Å². The molecule has 2 heterocycles. The number of ether oxygens (including phenoxy) is 1. The van der Waals surface area contributed by atoms with E-state index < -0.39 is 29.1 Å². The summed E-state index contributed by atoms with van der Waals surface area (Å²) in [6.07, 6.45) is 1.31. The summed E-state index contributed by atoms with van der Waals surface area (Å²) in [4.78, 5) is 44.0. The van der Waals surface area contributed by atoms with Crippen LogP contribution in [0, 0.1) is 5.41 Å². The number of amides is 1. The van der Waals surface area contributed by atoms with Crippen LogP contribution in [0.3, 0.4) is 0 Å². The molecule has 0 fully saturated rings. The quantitative estimate of drug-likeness (QED) is 0.727. The predicted molar refractivity (Wildman–Crippen MR) is 116 cm³/mol. The molecule has 0 radical (unpaired) electrons. The fraction of sp³-hybridized carbons (Fsp3) is 0.333. The zero-order chi connectivity index (χ0) is 22.9. The molecule has 0 aliphatic carbocycles. The third-order valence-electron chi connectivity index (χ3n) is 4.83. The monoisotopic (exact) mass is 422 g/mol. The van der Waals surface area contributed by atoms with Crippen molar-refractivity contribution in [2.75, 3.05) is 4.90 Å². The van der Waals surface area contributed by atoms with Gasteiger partial charge in [-0.05, 0) is 50.2 Å². The van der Waals surface area contributed by atoms with E-state index in [0.29, 0.717) is 16.9 Å². The lowest BCUT2D eigenvalue weighted by molar-refractivity contribution is -0.123. The number of benzene rings is 1. The normalized spacial score (nSPS) is 16.8. The summed E-state index contributed by atoms with van der Waals surface area (Å²) in [7, 11) is 0. The molecule has 3 rings (SSSR count). The Morgan fingerprint density at radius 3 is 2.26 bits per heavy atom. The van der Waals surface area contributed by atoms with Gasteiger partial charge in [-0.3, -0.25) is 19.5 Å². The van der Waals surface area contributed by atoms with Crippen molar-refractivity contribution < 1.29 is 24.2 Å². The van der Waals surface area contributed by atoms with Gasteiger partial charge in [0.2, 0.25) is 0 Å². The minimum absolute atomic E-state index is 0.0134. The van der Waals surface area contributed by atoms with Crippen molar-refractivity contribution in [1.82, 2.24) is 4.98 Å². The van der Waals surface area contributed by atoms with E-state index in [9.17, 15) is 19.5 Å². The van der Waals surface area contributed by atoms with Gasteiger partial charge in [0.15, 0.2) is 11.5 Å². The van der Waals surface area contributed by atoms with Gasteiger partial charge in [-0.15, -0.1) is 0 Å². The minimum atomic E-state index is -0.881. The second-order valence-corrected chi connectivity index (χ2v) is 8.67. The van der Waals surface area contributed by atoms with Gasteiger partial charge >= 0.3 is 5.97 Å². The molecule has 1 aromatic carbocycles. The Balaban J connectivity index is 2.06. The molecule has 0 saturated heterocycles. The van der Waals surface area contributed by atoms with E-state index in [1.807, 2.05) is 0 Å². The van der Waals surface area contributed by atoms with Crippen LogP contribution in [0.2, 0.25) is 0 Å². The molecule has 0 spiro atoms. The Morgan fingerprint density at radius 1 is 1.10 bits per heavy atom. The molecule has 1 amide bonds. The van der Waals surface area contributed by atoms with Gasteiger partial charge in [-0.2, -0.15) is 0 Å². The highest BCUT2D eigenvalue weighted by molar-refractivity contribution is 6.17. The third-order valence-corrected chi connectivity index (χ3v) is 4.83. The van der Waals surface area contributed by atoms with Crippen molar-refractivity contribution in [3.05, 3.63) is 71.3 Å². The Hall–Kier alpha value is -3.48. The molecule has 1 aliphatic rings. The number of nitrogens with zero attached hydrogens (tertiary/aromatic N) is 2. The number of aliphatic hydroxyl groups excluding tert-OH is 1. The van der Waals surface area contributed by atoms with E-state index >= 15 is 0 Å². The zero-order valence-electron chi connectivity index (χ0n) is 18.2. The van der Waals surface area contributed by atoms with Crippen LogP contribution in [-0.2, 0) is 14.3 Å². The summed E-state index contributed by atoms with van der Waals surface area (Å²) in [5.41, 5.74) is 0.416. The van der Waals surface area contributed by atoms with Crippen LogP contribution in [0.15, 0.2) is 60.0 Å². The van der Waals surface area contributed by atoms with E-state index in [1.54, 1.807) is 83.3 Å². The Kier molecular flexibility index (Phi) is 5.97.